The molecule has 0 N–H and O–H groups in total. The maximum atomic E-state index is 11.5. The van der Waals surface area contributed by atoms with Crippen molar-refractivity contribution >= 4 is 22.8 Å². The normalized spacial score (nSPS) is 9.88. The van der Waals surface area contributed by atoms with Crippen molar-refractivity contribution in [3.05, 3.63) is 35.4 Å². The van der Waals surface area contributed by atoms with E-state index < -0.39 is 5.24 Å². The summed E-state index contributed by atoms with van der Waals surface area (Å²) in [5, 5.41) is -0.536. The molecular formula is C12H13ClO3. The van der Waals surface area contributed by atoms with Gasteiger partial charge in [-0.3, -0.25) is 4.79 Å². The van der Waals surface area contributed by atoms with Gasteiger partial charge in [0.15, 0.2) is 0 Å². The van der Waals surface area contributed by atoms with Crippen molar-refractivity contribution in [2.24, 2.45) is 0 Å². The smallest absolute Gasteiger partial charge is 0.338 e. The van der Waals surface area contributed by atoms with Gasteiger partial charge in [0.25, 0.3) is 5.24 Å². The summed E-state index contributed by atoms with van der Waals surface area (Å²) in [6.07, 6.45) is 1.83. The lowest BCUT2D eigenvalue weighted by molar-refractivity contribution is 0.0499. The second kappa shape index (κ2) is 6.28. The van der Waals surface area contributed by atoms with Gasteiger partial charge in [0.2, 0.25) is 0 Å². The van der Waals surface area contributed by atoms with Crippen LogP contribution in [0.25, 0.3) is 0 Å². The first-order valence-electron chi connectivity index (χ1n) is 5.12. The number of unbranched alkanes of at least 4 members (excludes halogenated alkanes) is 1. The predicted molar refractivity (Wildman–Crippen MR) is 61.8 cm³/mol. The molecule has 86 valence electrons. The van der Waals surface area contributed by atoms with E-state index in [1.165, 1.54) is 24.3 Å². The molecule has 0 aliphatic heterocycles. The van der Waals surface area contributed by atoms with E-state index in [0.717, 1.165) is 12.8 Å². The second-order valence-corrected chi connectivity index (χ2v) is 3.68. The number of hydrogen-bond acceptors (Lipinski definition) is 3. The molecule has 0 radical (unpaired) electrons. The topological polar surface area (TPSA) is 43.4 Å². The number of halogens is 1. The summed E-state index contributed by atoms with van der Waals surface area (Å²) in [5.41, 5.74) is 0.796. The van der Waals surface area contributed by atoms with Gasteiger partial charge in [-0.25, -0.2) is 4.79 Å². The lowest BCUT2D eigenvalue weighted by atomic mass is 10.1. The van der Waals surface area contributed by atoms with Gasteiger partial charge in [0, 0.05) is 5.56 Å². The minimum absolute atomic E-state index is 0.367. The summed E-state index contributed by atoms with van der Waals surface area (Å²) in [5.74, 6) is -0.373. The van der Waals surface area contributed by atoms with Gasteiger partial charge in [0.1, 0.15) is 0 Å². The number of carbonyl (C=O) groups is 2. The van der Waals surface area contributed by atoms with Crippen LogP contribution >= 0.6 is 11.6 Å². The Balaban J connectivity index is 2.59. The van der Waals surface area contributed by atoms with Gasteiger partial charge >= 0.3 is 5.97 Å². The molecule has 0 bridgehead atoms. The van der Waals surface area contributed by atoms with Crippen molar-refractivity contribution in [2.75, 3.05) is 6.61 Å². The summed E-state index contributed by atoms with van der Waals surface area (Å²) in [6, 6.07) is 6.07. The summed E-state index contributed by atoms with van der Waals surface area (Å²) >= 11 is 5.28. The van der Waals surface area contributed by atoms with E-state index in [-0.39, 0.29) is 5.97 Å². The Morgan fingerprint density at radius 3 is 2.25 bits per heavy atom. The van der Waals surface area contributed by atoms with Crippen LogP contribution in [0.1, 0.15) is 40.5 Å². The molecule has 0 saturated carbocycles. The molecule has 1 aromatic rings. The third-order valence-electron chi connectivity index (χ3n) is 2.08. The zero-order valence-electron chi connectivity index (χ0n) is 9.03. The van der Waals surface area contributed by atoms with Gasteiger partial charge in [0.05, 0.1) is 12.2 Å². The standard InChI is InChI=1S/C12H13ClO3/c1-2-3-8-16-12(15)10-6-4-9(5-7-10)11(13)14/h4-7H,2-3,8H2,1H3. The molecule has 4 heteroatoms. The molecule has 0 aromatic heterocycles. The Morgan fingerprint density at radius 2 is 1.75 bits per heavy atom. The number of ether oxygens (including phenoxy) is 1. The second-order valence-electron chi connectivity index (χ2n) is 3.34. The zero-order chi connectivity index (χ0) is 12.0. The van der Waals surface area contributed by atoms with E-state index in [1.807, 2.05) is 6.92 Å². The Bertz CT molecular complexity index is 370. The largest absolute Gasteiger partial charge is 0.462 e. The van der Waals surface area contributed by atoms with Crippen molar-refractivity contribution in [2.45, 2.75) is 19.8 Å². The summed E-state index contributed by atoms with van der Waals surface area (Å²) in [7, 11) is 0. The van der Waals surface area contributed by atoms with E-state index in [2.05, 4.69) is 0 Å². The van der Waals surface area contributed by atoms with Crippen LogP contribution in [0.15, 0.2) is 24.3 Å². The van der Waals surface area contributed by atoms with Crippen molar-refractivity contribution in [3.63, 3.8) is 0 Å². The Labute approximate surface area is 99.4 Å². The molecule has 1 aromatic carbocycles. The van der Waals surface area contributed by atoms with Crippen molar-refractivity contribution in [1.82, 2.24) is 0 Å². The number of benzene rings is 1. The Hall–Kier alpha value is -1.35. The van der Waals surface area contributed by atoms with Crippen LogP contribution in [0.2, 0.25) is 0 Å². The van der Waals surface area contributed by atoms with Gasteiger partial charge in [-0.1, -0.05) is 13.3 Å². The molecule has 0 amide bonds. The molecule has 16 heavy (non-hydrogen) atoms. The molecule has 0 aliphatic rings. The first-order valence-corrected chi connectivity index (χ1v) is 5.50. The van der Waals surface area contributed by atoms with E-state index in [1.54, 1.807) is 0 Å². The van der Waals surface area contributed by atoms with Crippen LogP contribution in [0.5, 0.6) is 0 Å². The number of carbonyl (C=O) groups excluding carboxylic acids is 2. The Kier molecular flexibility index (Phi) is 4.99. The molecule has 0 unspecified atom stereocenters. The number of esters is 1. The lowest BCUT2D eigenvalue weighted by Gasteiger charge is -2.03. The molecule has 1 rings (SSSR count). The first-order chi connectivity index (χ1) is 7.65. The van der Waals surface area contributed by atoms with Gasteiger partial charge in [-0.2, -0.15) is 0 Å². The SMILES string of the molecule is CCCCOC(=O)c1ccc(C(=O)Cl)cc1. The molecule has 0 aliphatic carbocycles. The third-order valence-corrected chi connectivity index (χ3v) is 2.30. The maximum Gasteiger partial charge on any atom is 0.338 e. The number of rotatable bonds is 5. The summed E-state index contributed by atoms with van der Waals surface area (Å²) in [6.45, 7) is 2.44. The predicted octanol–water partition coefficient (Wildman–Crippen LogP) is 3.02. The average Bonchev–Trinajstić information content (AvgIpc) is 2.29. The summed E-state index contributed by atoms with van der Waals surface area (Å²) in [4.78, 5) is 22.2. The van der Waals surface area contributed by atoms with Gasteiger partial charge < -0.3 is 4.74 Å². The third kappa shape index (κ3) is 3.66. The van der Waals surface area contributed by atoms with Crippen LogP contribution in [0.3, 0.4) is 0 Å². The van der Waals surface area contributed by atoms with Gasteiger partial charge in [-0.05, 0) is 42.3 Å². The van der Waals surface area contributed by atoms with Crippen LogP contribution in [-0.2, 0) is 4.74 Å². The van der Waals surface area contributed by atoms with Crippen molar-refractivity contribution in [3.8, 4) is 0 Å². The van der Waals surface area contributed by atoms with E-state index in [4.69, 9.17) is 16.3 Å². The highest BCUT2D eigenvalue weighted by Crippen LogP contribution is 2.08. The molecule has 0 fully saturated rings. The first kappa shape index (κ1) is 12.7. The Morgan fingerprint density at radius 1 is 1.19 bits per heavy atom. The van der Waals surface area contributed by atoms with Gasteiger partial charge in [-0.15, -0.1) is 0 Å². The fourth-order valence-corrected chi connectivity index (χ4v) is 1.26. The van der Waals surface area contributed by atoms with Crippen molar-refractivity contribution in [1.29, 1.82) is 0 Å². The molecular weight excluding hydrogens is 228 g/mol. The lowest BCUT2D eigenvalue weighted by Crippen LogP contribution is -2.06. The van der Waals surface area contributed by atoms with E-state index in [9.17, 15) is 9.59 Å². The molecule has 0 saturated heterocycles. The zero-order valence-corrected chi connectivity index (χ0v) is 9.79. The number of hydrogen-bond donors (Lipinski definition) is 0. The minimum Gasteiger partial charge on any atom is -0.462 e. The molecule has 0 atom stereocenters. The maximum absolute atomic E-state index is 11.5. The quantitative estimate of drug-likeness (QED) is 0.451. The van der Waals surface area contributed by atoms with Crippen LogP contribution in [0, 0.1) is 0 Å². The monoisotopic (exact) mass is 240 g/mol. The molecule has 0 heterocycles. The molecule has 3 nitrogen and oxygen atoms in total. The van der Waals surface area contributed by atoms with E-state index >= 15 is 0 Å². The van der Waals surface area contributed by atoms with Crippen molar-refractivity contribution < 1.29 is 14.3 Å². The highest BCUT2D eigenvalue weighted by Gasteiger charge is 2.08. The highest BCUT2D eigenvalue weighted by atomic mass is 35.5. The molecule has 0 spiro atoms. The van der Waals surface area contributed by atoms with Crippen LogP contribution < -0.4 is 0 Å². The highest BCUT2D eigenvalue weighted by molar-refractivity contribution is 6.67. The van der Waals surface area contributed by atoms with Crippen LogP contribution in [-0.4, -0.2) is 17.8 Å². The van der Waals surface area contributed by atoms with E-state index in [0.29, 0.717) is 17.7 Å². The fourth-order valence-electron chi connectivity index (χ4n) is 1.13. The minimum atomic E-state index is -0.536. The van der Waals surface area contributed by atoms with Crippen LogP contribution in [0.4, 0.5) is 0 Å². The summed E-state index contributed by atoms with van der Waals surface area (Å²) < 4.78 is 5.01. The fraction of sp³-hybridized carbons (Fsp3) is 0.333. The average molecular weight is 241 g/mol.